The fourth-order valence-corrected chi connectivity index (χ4v) is 5.35. The first-order valence-electron chi connectivity index (χ1n) is 13.5. The van der Waals surface area contributed by atoms with Gasteiger partial charge in [-0.05, 0) is 18.4 Å². The number of benzene rings is 1. The van der Waals surface area contributed by atoms with Gasteiger partial charge < -0.3 is 30.7 Å². The predicted octanol–water partition coefficient (Wildman–Crippen LogP) is 0.256. The minimum atomic E-state index is -0.912. The molecule has 3 fully saturated rings. The first-order valence-corrected chi connectivity index (χ1v) is 13.5. The van der Waals surface area contributed by atoms with Gasteiger partial charge in [0.15, 0.2) is 0 Å². The van der Waals surface area contributed by atoms with E-state index in [-0.39, 0.29) is 30.7 Å². The van der Waals surface area contributed by atoms with E-state index in [0.29, 0.717) is 45.1 Å². The van der Waals surface area contributed by atoms with Crippen molar-refractivity contribution in [3.05, 3.63) is 35.9 Å². The van der Waals surface area contributed by atoms with E-state index in [1.54, 1.807) is 0 Å². The number of nitrogens with two attached hydrogens (primary N) is 1. The van der Waals surface area contributed by atoms with Gasteiger partial charge in [0.1, 0.15) is 12.8 Å². The highest BCUT2D eigenvalue weighted by molar-refractivity contribution is 5.92. The third-order valence-corrected chi connectivity index (χ3v) is 7.61. The van der Waals surface area contributed by atoms with Gasteiger partial charge in [-0.1, -0.05) is 43.2 Å². The zero-order valence-electron chi connectivity index (χ0n) is 21.7. The van der Waals surface area contributed by atoms with Crippen molar-refractivity contribution in [2.45, 2.75) is 50.1 Å². The fourth-order valence-electron chi connectivity index (χ4n) is 5.35. The summed E-state index contributed by atoms with van der Waals surface area (Å²) in [6, 6.07) is 8.83. The van der Waals surface area contributed by atoms with Gasteiger partial charge in [-0.3, -0.25) is 19.3 Å². The summed E-state index contributed by atoms with van der Waals surface area (Å²) in [7, 11) is 0. The molecular weight excluding hydrogens is 474 g/mol. The Kier molecular flexibility index (Phi) is 9.90. The van der Waals surface area contributed by atoms with Gasteiger partial charge in [0, 0.05) is 58.0 Å². The SMILES string of the molecule is NC1(C(=O)N[C@H](Cc2ccccc2)C(=O)NCCC(=O)N2CCN(CC3COCOC3)CC2)CCCC1. The molecule has 0 spiro atoms. The molecule has 1 aromatic carbocycles. The van der Waals surface area contributed by atoms with Crippen LogP contribution < -0.4 is 16.4 Å². The summed E-state index contributed by atoms with van der Waals surface area (Å²) in [5.74, 6) is -0.173. The molecule has 3 aliphatic rings. The molecule has 1 aliphatic carbocycles. The molecule has 1 atom stereocenters. The summed E-state index contributed by atoms with van der Waals surface area (Å²) in [6.07, 6.45) is 3.67. The Morgan fingerprint density at radius 3 is 2.38 bits per heavy atom. The average Bonchev–Trinajstić information content (AvgIpc) is 3.37. The number of amides is 3. The molecule has 0 radical (unpaired) electrons. The van der Waals surface area contributed by atoms with Gasteiger partial charge in [0.05, 0.1) is 18.8 Å². The number of carbonyl (C=O) groups excluding carboxylic acids is 3. The van der Waals surface area contributed by atoms with Gasteiger partial charge in [-0.2, -0.15) is 0 Å². The van der Waals surface area contributed by atoms with Crippen molar-refractivity contribution in [2.75, 3.05) is 59.3 Å². The second kappa shape index (κ2) is 13.3. The second-order valence-electron chi connectivity index (χ2n) is 10.5. The minimum Gasteiger partial charge on any atom is -0.355 e. The number of hydrogen-bond acceptors (Lipinski definition) is 7. The molecule has 0 aromatic heterocycles. The number of hydrogen-bond donors (Lipinski definition) is 3. The second-order valence-corrected chi connectivity index (χ2v) is 10.5. The van der Waals surface area contributed by atoms with Gasteiger partial charge in [0.25, 0.3) is 0 Å². The zero-order valence-corrected chi connectivity index (χ0v) is 21.7. The summed E-state index contributed by atoms with van der Waals surface area (Å²) in [5.41, 5.74) is 6.35. The van der Waals surface area contributed by atoms with E-state index in [0.717, 1.165) is 51.3 Å². The molecule has 2 saturated heterocycles. The number of ether oxygens (including phenoxy) is 2. The van der Waals surface area contributed by atoms with E-state index >= 15 is 0 Å². The highest BCUT2D eigenvalue weighted by Gasteiger charge is 2.38. The van der Waals surface area contributed by atoms with Gasteiger partial charge in [-0.15, -0.1) is 0 Å². The molecule has 10 nitrogen and oxygen atoms in total. The van der Waals surface area contributed by atoms with Crippen molar-refractivity contribution in [1.29, 1.82) is 0 Å². The molecule has 10 heteroatoms. The molecule has 4 rings (SSSR count). The van der Waals surface area contributed by atoms with Crippen LogP contribution in [0, 0.1) is 5.92 Å². The molecule has 4 N–H and O–H groups in total. The lowest BCUT2D eigenvalue weighted by Gasteiger charge is -2.37. The van der Waals surface area contributed by atoms with Gasteiger partial charge in [0.2, 0.25) is 17.7 Å². The van der Waals surface area contributed by atoms with E-state index in [1.807, 2.05) is 35.2 Å². The lowest BCUT2D eigenvalue weighted by Crippen LogP contribution is -2.58. The van der Waals surface area contributed by atoms with Crippen molar-refractivity contribution >= 4 is 17.7 Å². The maximum atomic E-state index is 13.1. The smallest absolute Gasteiger partial charge is 0.242 e. The zero-order chi connectivity index (χ0) is 26.1. The molecule has 3 amide bonds. The Morgan fingerprint density at radius 1 is 1.03 bits per heavy atom. The Morgan fingerprint density at radius 2 is 1.70 bits per heavy atom. The van der Waals surface area contributed by atoms with E-state index < -0.39 is 11.6 Å². The number of nitrogens with zero attached hydrogens (tertiary/aromatic N) is 2. The van der Waals surface area contributed by atoms with Crippen molar-refractivity contribution in [1.82, 2.24) is 20.4 Å². The Labute approximate surface area is 219 Å². The van der Waals surface area contributed by atoms with Crippen molar-refractivity contribution in [3.8, 4) is 0 Å². The normalized spacial score (nSPS) is 21.4. The van der Waals surface area contributed by atoms with Crippen LogP contribution in [0.4, 0.5) is 0 Å². The lowest BCUT2D eigenvalue weighted by molar-refractivity contribution is -0.137. The van der Waals surface area contributed by atoms with E-state index in [1.165, 1.54) is 0 Å². The lowest BCUT2D eigenvalue weighted by atomic mass is 9.96. The fraction of sp³-hybridized carbons (Fsp3) is 0.667. The predicted molar refractivity (Wildman–Crippen MR) is 138 cm³/mol. The third-order valence-electron chi connectivity index (χ3n) is 7.61. The van der Waals surface area contributed by atoms with E-state index in [9.17, 15) is 14.4 Å². The molecule has 2 aliphatic heterocycles. The first-order chi connectivity index (χ1) is 17.9. The number of nitrogens with one attached hydrogen (secondary N) is 2. The van der Waals surface area contributed by atoms with Crippen LogP contribution in [0.1, 0.15) is 37.7 Å². The summed E-state index contributed by atoms with van der Waals surface area (Å²) in [6.45, 7) is 5.94. The van der Waals surface area contributed by atoms with Crippen LogP contribution in [0.5, 0.6) is 0 Å². The van der Waals surface area contributed by atoms with Crippen LogP contribution in [0.2, 0.25) is 0 Å². The van der Waals surface area contributed by atoms with Crippen LogP contribution in [0.15, 0.2) is 30.3 Å². The summed E-state index contributed by atoms with van der Waals surface area (Å²) in [5, 5.41) is 5.76. The molecule has 1 aromatic rings. The highest BCUT2D eigenvalue weighted by Crippen LogP contribution is 2.27. The Hall–Kier alpha value is -2.53. The molecule has 2 heterocycles. The number of rotatable bonds is 10. The number of carbonyl (C=O) groups is 3. The van der Waals surface area contributed by atoms with Crippen molar-refractivity contribution in [2.24, 2.45) is 11.7 Å². The summed E-state index contributed by atoms with van der Waals surface area (Å²) in [4.78, 5) is 43.0. The van der Waals surface area contributed by atoms with Crippen LogP contribution in [-0.4, -0.2) is 98.4 Å². The standard InChI is InChI=1S/C27H41N5O5/c28-27(9-4-5-10-27)26(35)30-23(16-21-6-2-1-3-7-21)25(34)29-11-8-24(33)32-14-12-31(13-15-32)17-22-18-36-20-37-19-22/h1-3,6-7,22-23H,4-5,8-20,28H2,(H,29,34)(H,30,35)/t23-/m1/s1. The monoisotopic (exact) mass is 515 g/mol. The summed E-state index contributed by atoms with van der Waals surface area (Å²) >= 11 is 0. The van der Waals surface area contributed by atoms with E-state index in [4.69, 9.17) is 15.2 Å². The molecule has 1 saturated carbocycles. The Bertz CT molecular complexity index is 894. The molecule has 37 heavy (non-hydrogen) atoms. The van der Waals surface area contributed by atoms with Crippen LogP contribution >= 0.6 is 0 Å². The average molecular weight is 516 g/mol. The summed E-state index contributed by atoms with van der Waals surface area (Å²) < 4.78 is 10.7. The highest BCUT2D eigenvalue weighted by atomic mass is 16.7. The van der Waals surface area contributed by atoms with Crippen molar-refractivity contribution in [3.63, 3.8) is 0 Å². The minimum absolute atomic E-state index is 0.0276. The van der Waals surface area contributed by atoms with Crippen LogP contribution in [-0.2, 0) is 30.3 Å². The number of piperazine rings is 1. The Balaban J connectivity index is 1.22. The largest absolute Gasteiger partial charge is 0.355 e. The van der Waals surface area contributed by atoms with Gasteiger partial charge in [-0.25, -0.2) is 0 Å². The quantitative estimate of drug-likeness (QED) is 0.408. The third kappa shape index (κ3) is 7.98. The maximum Gasteiger partial charge on any atom is 0.242 e. The molecule has 0 bridgehead atoms. The van der Waals surface area contributed by atoms with Crippen LogP contribution in [0.25, 0.3) is 0 Å². The maximum absolute atomic E-state index is 13.1. The van der Waals surface area contributed by atoms with E-state index in [2.05, 4.69) is 15.5 Å². The molecule has 0 unspecified atom stereocenters. The van der Waals surface area contributed by atoms with Gasteiger partial charge >= 0.3 is 0 Å². The molecular formula is C27H41N5O5. The van der Waals surface area contributed by atoms with Crippen LogP contribution in [0.3, 0.4) is 0 Å². The first kappa shape index (κ1) is 27.5. The topological polar surface area (TPSA) is 126 Å². The molecule has 204 valence electrons. The van der Waals surface area contributed by atoms with Crippen molar-refractivity contribution < 1.29 is 23.9 Å².